The van der Waals surface area contributed by atoms with Crippen molar-refractivity contribution in [2.45, 2.75) is 13.8 Å². The first kappa shape index (κ1) is 11.0. The highest BCUT2D eigenvalue weighted by Gasteiger charge is 2.07. The van der Waals surface area contributed by atoms with E-state index >= 15 is 0 Å². The second kappa shape index (κ2) is 4.95. The van der Waals surface area contributed by atoms with E-state index in [1.54, 1.807) is 11.3 Å². The zero-order valence-corrected chi connectivity index (χ0v) is 10.6. The Bertz CT molecular complexity index is 296. The van der Waals surface area contributed by atoms with E-state index in [0.717, 1.165) is 15.0 Å². The minimum Gasteiger partial charge on any atom is -0.352 e. The lowest BCUT2D eigenvalue weighted by atomic mass is 10.2. The highest BCUT2D eigenvalue weighted by molar-refractivity contribution is 14.1. The van der Waals surface area contributed by atoms with Crippen molar-refractivity contribution in [3.05, 3.63) is 19.9 Å². The van der Waals surface area contributed by atoms with Crippen LogP contribution in [-0.4, -0.2) is 12.5 Å². The number of hydrogen-bond donors (Lipinski definition) is 1. The molecule has 1 aromatic heterocycles. The summed E-state index contributed by atoms with van der Waals surface area (Å²) in [4.78, 5) is 11.5. The molecule has 1 heterocycles. The van der Waals surface area contributed by atoms with Gasteiger partial charge in [-0.05, 0) is 34.6 Å². The lowest BCUT2D eigenvalue weighted by Crippen LogP contribution is -2.26. The average molecular weight is 309 g/mol. The number of thiophene rings is 1. The molecule has 0 radical (unpaired) electrons. The summed E-state index contributed by atoms with van der Waals surface area (Å²) in [5.41, 5.74) is 0.773. The van der Waals surface area contributed by atoms with Crippen LogP contribution in [0.1, 0.15) is 24.2 Å². The van der Waals surface area contributed by atoms with Crippen LogP contribution in [0.5, 0.6) is 0 Å². The Morgan fingerprint density at radius 3 is 2.85 bits per heavy atom. The Hall–Kier alpha value is -0.100. The molecule has 72 valence electrons. The van der Waals surface area contributed by atoms with Crippen molar-refractivity contribution in [2.24, 2.45) is 5.92 Å². The van der Waals surface area contributed by atoms with Crippen LogP contribution in [0.4, 0.5) is 0 Å². The molecule has 1 amide bonds. The van der Waals surface area contributed by atoms with Crippen LogP contribution in [0.25, 0.3) is 0 Å². The maximum Gasteiger partial charge on any atom is 0.252 e. The lowest BCUT2D eigenvalue weighted by molar-refractivity contribution is 0.0949. The van der Waals surface area contributed by atoms with Crippen molar-refractivity contribution in [3.63, 3.8) is 0 Å². The van der Waals surface area contributed by atoms with Gasteiger partial charge < -0.3 is 5.32 Å². The molecule has 0 aliphatic carbocycles. The molecule has 1 N–H and O–H groups in total. The number of nitrogens with one attached hydrogen (secondary N) is 1. The Morgan fingerprint density at radius 1 is 1.69 bits per heavy atom. The topological polar surface area (TPSA) is 29.1 Å². The van der Waals surface area contributed by atoms with Gasteiger partial charge in [-0.25, -0.2) is 0 Å². The predicted octanol–water partition coefficient (Wildman–Crippen LogP) is 2.74. The summed E-state index contributed by atoms with van der Waals surface area (Å²) in [5.74, 6) is 0.537. The molecule has 1 aromatic rings. The van der Waals surface area contributed by atoms with E-state index in [2.05, 4.69) is 41.8 Å². The van der Waals surface area contributed by atoms with Gasteiger partial charge in [-0.1, -0.05) is 13.8 Å². The molecular formula is C9H12INOS. The summed E-state index contributed by atoms with van der Waals surface area (Å²) in [6.07, 6.45) is 0. The molecule has 0 bridgehead atoms. The fourth-order valence-corrected chi connectivity index (χ4v) is 2.15. The van der Waals surface area contributed by atoms with E-state index in [1.165, 1.54) is 0 Å². The predicted molar refractivity (Wildman–Crippen MR) is 64.2 cm³/mol. The maximum atomic E-state index is 11.5. The summed E-state index contributed by atoms with van der Waals surface area (Å²) < 4.78 is 1.15. The number of hydrogen-bond acceptors (Lipinski definition) is 2. The van der Waals surface area contributed by atoms with Gasteiger partial charge in [0.2, 0.25) is 0 Å². The fraction of sp³-hybridized carbons (Fsp3) is 0.444. The van der Waals surface area contributed by atoms with Crippen LogP contribution >= 0.6 is 33.9 Å². The van der Waals surface area contributed by atoms with Crippen molar-refractivity contribution in [1.29, 1.82) is 0 Å². The zero-order chi connectivity index (χ0) is 9.84. The van der Waals surface area contributed by atoms with Crippen LogP contribution in [-0.2, 0) is 0 Å². The molecule has 0 spiro atoms. The summed E-state index contributed by atoms with van der Waals surface area (Å²) >= 11 is 3.81. The molecule has 0 aromatic carbocycles. The molecule has 0 aliphatic rings. The smallest absolute Gasteiger partial charge is 0.252 e. The normalized spacial score (nSPS) is 10.5. The number of carbonyl (C=O) groups is 1. The number of rotatable bonds is 3. The summed E-state index contributed by atoms with van der Waals surface area (Å²) in [6.45, 7) is 4.90. The third kappa shape index (κ3) is 3.64. The van der Waals surface area contributed by atoms with Gasteiger partial charge in [-0.3, -0.25) is 4.79 Å². The van der Waals surface area contributed by atoms with Gasteiger partial charge >= 0.3 is 0 Å². The Morgan fingerprint density at radius 2 is 2.38 bits per heavy atom. The first-order chi connectivity index (χ1) is 6.09. The van der Waals surface area contributed by atoms with E-state index in [9.17, 15) is 4.79 Å². The van der Waals surface area contributed by atoms with Crippen molar-refractivity contribution < 1.29 is 4.79 Å². The second-order valence-corrected chi connectivity index (χ2v) is 6.05. The molecule has 13 heavy (non-hydrogen) atoms. The van der Waals surface area contributed by atoms with Crippen LogP contribution in [0, 0.1) is 8.80 Å². The van der Waals surface area contributed by atoms with Gasteiger partial charge in [-0.2, -0.15) is 0 Å². The molecule has 4 heteroatoms. The van der Waals surface area contributed by atoms with Gasteiger partial charge in [-0.15, -0.1) is 11.3 Å². The number of carbonyl (C=O) groups excluding carboxylic acids is 1. The van der Waals surface area contributed by atoms with Gasteiger partial charge in [0, 0.05) is 11.9 Å². The maximum absolute atomic E-state index is 11.5. The summed E-state index contributed by atoms with van der Waals surface area (Å²) in [7, 11) is 0. The van der Waals surface area contributed by atoms with E-state index in [-0.39, 0.29) is 5.91 Å². The van der Waals surface area contributed by atoms with Gasteiger partial charge in [0.25, 0.3) is 5.91 Å². The molecule has 0 unspecified atom stereocenters. The Labute approximate surface area is 95.9 Å². The van der Waals surface area contributed by atoms with Gasteiger partial charge in [0.1, 0.15) is 0 Å². The third-order valence-electron chi connectivity index (χ3n) is 1.50. The van der Waals surface area contributed by atoms with Crippen LogP contribution in [0.2, 0.25) is 0 Å². The minimum absolute atomic E-state index is 0.0351. The largest absolute Gasteiger partial charge is 0.352 e. The standard InChI is InChI=1S/C9H12INOS/c1-6(2)4-11-9(12)7-3-8(10)13-5-7/h3,5-6H,4H2,1-2H3,(H,11,12). The third-order valence-corrected chi connectivity index (χ3v) is 3.29. The first-order valence-corrected chi connectivity index (χ1v) is 6.07. The number of halogens is 1. The SMILES string of the molecule is CC(C)CNC(=O)c1csc(I)c1. The quantitative estimate of drug-likeness (QED) is 0.855. The van der Waals surface area contributed by atoms with Crippen LogP contribution in [0.15, 0.2) is 11.4 Å². The molecule has 0 aliphatic heterocycles. The molecular weight excluding hydrogens is 297 g/mol. The van der Waals surface area contributed by atoms with Crippen LogP contribution < -0.4 is 5.32 Å². The van der Waals surface area contributed by atoms with Crippen LogP contribution in [0.3, 0.4) is 0 Å². The highest BCUT2D eigenvalue weighted by Crippen LogP contribution is 2.16. The monoisotopic (exact) mass is 309 g/mol. The zero-order valence-electron chi connectivity index (χ0n) is 7.63. The van der Waals surface area contributed by atoms with Crippen molar-refractivity contribution in [3.8, 4) is 0 Å². The Balaban J connectivity index is 2.49. The van der Waals surface area contributed by atoms with Crippen molar-refractivity contribution in [1.82, 2.24) is 5.32 Å². The van der Waals surface area contributed by atoms with Gasteiger partial charge in [0.15, 0.2) is 0 Å². The summed E-state index contributed by atoms with van der Waals surface area (Å²) in [5, 5.41) is 4.76. The lowest BCUT2D eigenvalue weighted by Gasteiger charge is -2.05. The van der Waals surface area contributed by atoms with E-state index in [0.29, 0.717) is 5.92 Å². The highest BCUT2D eigenvalue weighted by atomic mass is 127. The van der Waals surface area contributed by atoms with E-state index < -0.39 is 0 Å². The molecule has 0 atom stereocenters. The fourth-order valence-electron chi connectivity index (χ4n) is 0.828. The molecule has 0 saturated carbocycles. The van der Waals surface area contributed by atoms with E-state index in [1.807, 2.05) is 11.4 Å². The molecule has 0 fully saturated rings. The minimum atomic E-state index is 0.0351. The summed E-state index contributed by atoms with van der Waals surface area (Å²) in [6, 6.07) is 1.90. The molecule has 2 nitrogen and oxygen atoms in total. The van der Waals surface area contributed by atoms with E-state index in [4.69, 9.17) is 0 Å². The first-order valence-electron chi connectivity index (χ1n) is 4.12. The van der Waals surface area contributed by atoms with Crippen molar-refractivity contribution >= 4 is 39.8 Å². The molecule has 0 saturated heterocycles. The number of amides is 1. The average Bonchev–Trinajstić information content (AvgIpc) is 2.47. The second-order valence-electron chi connectivity index (χ2n) is 3.24. The Kier molecular flexibility index (Phi) is 4.18. The van der Waals surface area contributed by atoms with Gasteiger partial charge in [0.05, 0.1) is 8.45 Å². The van der Waals surface area contributed by atoms with Crippen molar-refractivity contribution in [2.75, 3.05) is 6.54 Å². The molecule has 1 rings (SSSR count).